The van der Waals surface area contributed by atoms with Gasteiger partial charge in [-0.3, -0.25) is 0 Å². The lowest BCUT2D eigenvalue weighted by Gasteiger charge is -2.26. The van der Waals surface area contributed by atoms with Crippen molar-refractivity contribution in [3.05, 3.63) is 46.6 Å². The van der Waals surface area contributed by atoms with E-state index in [0.29, 0.717) is 5.82 Å². The monoisotopic (exact) mass is 206 g/mol. The molecule has 1 heterocycles. The number of aromatic nitrogens is 2. The van der Waals surface area contributed by atoms with Gasteiger partial charge in [0.15, 0.2) is 5.82 Å². The Morgan fingerprint density at radius 2 is 2.21 bits per heavy atom. The lowest BCUT2D eigenvalue weighted by molar-refractivity contribution is 0.406. The molecule has 14 heavy (non-hydrogen) atoms. The lowest BCUT2D eigenvalue weighted by atomic mass is 9.77. The van der Waals surface area contributed by atoms with Crippen LogP contribution in [-0.2, 0) is 6.42 Å². The quantitative estimate of drug-likeness (QED) is 0.719. The van der Waals surface area contributed by atoms with Crippen LogP contribution in [-0.4, -0.2) is 10.1 Å². The Morgan fingerprint density at radius 3 is 2.93 bits per heavy atom. The number of hydrogen-bond donors (Lipinski definition) is 0. The molecule has 1 aromatic carbocycles. The van der Waals surface area contributed by atoms with E-state index < -0.39 is 0 Å². The molecule has 1 aliphatic rings. The first kappa shape index (κ1) is 8.00. The molecule has 0 radical (unpaired) electrons. The van der Waals surface area contributed by atoms with Crippen LogP contribution in [0.5, 0.6) is 0 Å². The summed E-state index contributed by atoms with van der Waals surface area (Å²) < 4.78 is 4.74. The molecule has 0 spiro atoms. The fraction of sp³-hybridized carbons (Fsp3) is 0.200. The molecule has 3 nitrogen and oxygen atoms in total. The fourth-order valence-electron chi connectivity index (χ4n) is 1.85. The average Bonchev–Trinajstić information content (AvgIpc) is 2.54. The summed E-state index contributed by atoms with van der Waals surface area (Å²) in [6, 6.07) is 8.27. The number of fused-ring (bicyclic) bond motifs is 1. The average molecular weight is 207 g/mol. The molecule has 2 aromatic rings. The molecule has 1 unspecified atom stereocenters. The van der Waals surface area contributed by atoms with Gasteiger partial charge in [-0.15, -0.1) is 0 Å². The Balaban J connectivity index is 1.99. The molecular formula is C10H7ClN2O. The summed E-state index contributed by atoms with van der Waals surface area (Å²) >= 11 is 5.57. The Bertz CT molecular complexity index is 480. The SMILES string of the molecule is Clc1nc(C2Cc3ccccc32)no1. The van der Waals surface area contributed by atoms with Crippen molar-refractivity contribution >= 4 is 11.6 Å². The van der Waals surface area contributed by atoms with E-state index in [4.69, 9.17) is 16.1 Å². The summed E-state index contributed by atoms with van der Waals surface area (Å²) in [6.45, 7) is 0. The molecule has 0 amide bonds. The number of halogens is 1. The second-order valence-electron chi connectivity index (χ2n) is 3.36. The summed E-state index contributed by atoms with van der Waals surface area (Å²) in [6.07, 6.45) is 0.978. The van der Waals surface area contributed by atoms with Gasteiger partial charge in [0.2, 0.25) is 0 Å². The third-order valence-electron chi connectivity index (χ3n) is 2.58. The minimum absolute atomic E-state index is 0.115. The van der Waals surface area contributed by atoms with Crippen molar-refractivity contribution in [3.63, 3.8) is 0 Å². The standard InChI is InChI=1S/C10H7ClN2O/c11-10-12-9(13-14-10)8-5-6-3-1-2-4-7(6)8/h1-4,8H,5H2. The Hall–Kier alpha value is -1.35. The van der Waals surface area contributed by atoms with Crippen LogP contribution in [0, 0.1) is 0 Å². The number of nitrogens with zero attached hydrogens (tertiary/aromatic N) is 2. The van der Waals surface area contributed by atoms with Crippen LogP contribution < -0.4 is 0 Å². The molecule has 1 aliphatic carbocycles. The first-order valence-electron chi connectivity index (χ1n) is 4.41. The minimum Gasteiger partial charge on any atom is -0.321 e. The Morgan fingerprint density at radius 1 is 1.36 bits per heavy atom. The summed E-state index contributed by atoms with van der Waals surface area (Å²) in [5.41, 5.74) is 2.64. The molecular weight excluding hydrogens is 200 g/mol. The molecule has 0 saturated carbocycles. The van der Waals surface area contributed by atoms with Gasteiger partial charge in [-0.25, -0.2) is 0 Å². The van der Waals surface area contributed by atoms with Gasteiger partial charge in [0.25, 0.3) is 0 Å². The van der Waals surface area contributed by atoms with E-state index >= 15 is 0 Å². The molecule has 4 heteroatoms. The topological polar surface area (TPSA) is 38.9 Å². The van der Waals surface area contributed by atoms with E-state index in [1.807, 2.05) is 12.1 Å². The minimum atomic E-state index is 0.115. The van der Waals surface area contributed by atoms with Gasteiger partial charge in [-0.1, -0.05) is 29.4 Å². The van der Waals surface area contributed by atoms with Gasteiger partial charge in [0.05, 0.1) is 5.92 Å². The third kappa shape index (κ3) is 1.06. The van der Waals surface area contributed by atoms with Crippen molar-refractivity contribution in [2.24, 2.45) is 0 Å². The molecule has 0 bridgehead atoms. The molecule has 1 atom stereocenters. The van der Waals surface area contributed by atoms with Gasteiger partial charge in [-0.05, 0) is 29.1 Å². The van der Waals surface area contributed by atoms with Gasteiger partial charge in [-0.2, -0.15) is 4.98 Å². The second-order valence-corrected chi connectivity index (χ2v) is 3.68. The lowest BCUT2D eigenvalue weighted by Crippen LogP contribution is -2.18. The van der Waals surface area contributed by atoms with Crippen LogP contribution >= 0.6 is 11.6 Å². The van der Waals surface area contributed by atoms with Crippen molar-refractivity contribution in [1.29, 1.82) is 0 Å². The molecule has 0 saturated heterocycles. The maximum absolute atomic E-state index is 5.57. The van der Waals surface area contributed by atoms with Crippen molar-refractivity contribution in [1.82, 2.24) is 10.1 Å². The van der Waals surface area contributed by atoms with Gasteiger partial charge < -0.3 is 4.52 Å². The maximum atomic E-state index is 5.57. The molecule has 0 N–H and O–H groups in total. The van der Waals surface area contributed by atoms with Crippen molar-refractivity contribution in [2.45, 2.75) is 12.3 Å². The van der Waals surface area contributed by atoms with E-state index in [0.717, 1.165) is 6.42 Å². The van der Waals surface area contributed by atoms with Crippen LogP contribution in [0.15, 0.2) is 28.8 Å². The molecule has 3 rings (SSSR count). The Kier molecular flexibility index (Phi) is 1.61. The van der Waals surface area contributed by atoms with Gasteiger partial charge in [0.1, 0.15) is 0 Å². The molecule has 0 aliphatic heterocycles. The summed E-state index contributed by atoms with van der Waals surface area (Å²) in [4.78, 5) is 4.02. The predicted octanol–water partition coefficient (Wildman–Crippen LogP) is 2.41. The normalized spacial score (nSPS) is 18.8. The zero-order valence-electron chi connectivity index (χ0n) is 7.27. The van der Waals surface area contributed by atoms with Crippen molar-refractivity contribution < 1.29 is 4.52 Å². The molecule has 0 fully saturated rings. The highest BCUT2D eigenvalue weighted by molar-refractivity contribution is 6.27. The molecule has 70 valence electrons. The summed E-state index contributed by atoms with van der Waals surface area (Å²) in [5.74, 6) is 0.955. The summed E-state index contributed by atoms with van der Waals surface area (Å²) in [7, 11) is 0. The first-order valence-corrected chi connectivity index (χ1v) is 4.79. The molecule has 1 aromatic heterocycles. The van der Waals surface area contributed by atoms with Crippen LogP contribution in [0.3, 0.4) is 0 Å². The predicted molar refractivity (Wildman–Crippen MR) is 51.3 cm³/mol. The highest BCUT2D eigenvalue weighted by Crippen LogP contribution is 2.38. The highest BCUT2D eigenvalue weighted by Gasteiger charge is 2.30. The van der Waals surface area contributed by atoms with Crippen LogP contribution in [0.4, 0.5) is 0 Å². The van der Waals surface area contributed by atoms with E-state index in [9.17, 15) is 0 Å². The van der Waals surface area contributed by atoms with Gasteiger partial charge >= 0.3 is 5.35 Å². The van der Waals surface area contributed by atoms with E-state index in [1.54, 1.807) is 0 Å². The zero-order valence-corrected chi connectivity index (χ0v) is 8.03. The summed E-state index contributed by atoms with van der Waals surface area (Å²) in [5, 5.41) is 3.93. The smallest absolute Gasteiger partial charge is 0.320 e. The Labute approximate surface area is 85.7 Å². The van der Waals surface area contributed by atoms with Crippen molar-refractivity contribution in [3.8, 4) is 0 Å². The third-order valence-corrected chi connectivity index (χ3v) is 2.74. The van der Waals surface area contributed by atoms with E-state index in [-0.39, 0.29) is 11.3 Å². The second kappa shape index (κ2) is 2.82. The maximum Gasteiger partial charge on any atom is 0.320 e. The fourth-order valence-corrected chi connectivity index (χ4v) is 1.97. The van der Waals surface area contributed by atoms with Crippen molar-refractivity contribution in [2.75, 3.05) is 0 Å². The van der Waals surface area contributed by atoms with Gasteiger partial charge in [0, 0.05) is 0 Å². The number of hydrogen-bond acceptors (Lipinski definition) is 3. The van der Waals surface area contributed by atoms with Crippen LogP contribution in [0.25, 0.3) is 0 Å². The number of rotatable bonds is 1. The van der Waals surface area contributed by atoms with Crippen LogP contribution in [0.1, 0.15) is 22.9 Å². The number of benzene rings is 1. The van der Waals surface area contributed by atoms with Crippen LogP contribution in [0.2, 0.25) is 5.35 Å². The van der Waals surface area contributed by atoms with E-state index in [2.05, 4.69) is 22.3 Å². The largest absolute Gasteiger partial charge is 0.321 e. The zero-order chi connectivity index (χ0) is 9.54. The highest BCUT2D eigenvalue weighted by atomic mass is 35.5. The first-order chi connectivity index (χ1) is 6.84. The van der Waals surface area contributed by atoms with E-state index in [1.165, 1.54) is 11.1 Å².